The second kappa shape index (κ2) is 11.5. The molecule has 0 radical (unpaired) electrons. The molecule has 6 heteroatoms. The van der Waals surface area contributed by atoms with Crippen LogP contribution < -0.4 is 10.6 Å². The minimum absolute atomic E-state index is 0.321. The number of aliphatic imine (C=N–C) groups is 1. The number of likely N-dealkylation sites (tertiary alicyclic amines) is 1. The van der Waals surface area contributed by atoms with Gasteiger partial charge in [-0.3, -0.25) is 9.79 Å². The summed E-state index contributed by atoms with van der Waals surface area (Å²) in [5.41, 5.74) is 0.348. The number of ether oxygens (including phenoxy) is 1. The van der Waals surface area contributed by atoms with Gasteiger partial charge in [0, 0.05) is 52.4 Å². The van der Waals surface area contributed by atoms with Crippen molar-refractivity contribution in [3.63, 3.8) is 0 Å². The van der Waals surface area contributed by atoms with E-state index in [4.69, 9.17) is 4.74 Å². The number of amides is 1. The molecule has 0 aromatic heterocycles. The maximum atomic E-state index is 12.0. The Morgan fingerprint density at radius 1 is 1.26 bits per heavy atom. The molecule has 1 aliphatic carbocycles. The normalized spacial score (nSPS) is 20.9. The second-order valence-electron chi connectivity index (χ2n) is 8.05. The Balaban J connectivity index is 1.75. The topological polar surface area (TPSA) is 66.0 Å². The van der Waals surface area contributed by atoms with Crippen molar-refractivity contribution in [2.24, 2.45) is 10.4 Å². The molecule has 1 heterocycles. The first-order valence-corrected chi connectivity index (χ1v) is 11.0. The minimum Gasteiger partial charge on any atom is -0.382 e. The van der Waals surface area contributed by atoms with Crippen LogP contribution in [0.4, 0.5) is 0 Å². The number of rotatable bonds is 11. The van der Waals surface area contributed by atoms with Crippen LogP contribution in [0, 0.1) is 5.41 Å². The van der Waals surface area contributed by atoms with E-state index in [0.717, 1.165) is 70.9 Å². The summed E-state index contributed by atoms with van der Waals surface area (Å²) in [5, 5.41) is 7.00. The van der Waals surface area contributed by atoms with E-state index in [1.807, 2.05) is 7.05 Å². The van der Waals surface area contributed by atoms with Crippen molar-refractivity contribution in [2.45, 2.75) is 77.7 Å². The maximum Gasteiger partial charge on any atom is 0.222 e. The van der Waals surface area contributed by atoms with Crippen molar-refractivity contribution >= 4 is 11.9 Å². The Morgan fingerprint density at radius 3 is 2.63 bits per heavy atom. The Hall–Kier alpha value is -1.30. The molecule has 2 fully saturated rings. The molecule has 0 spiro atoms. The molecule has 1 saturated heterocycles. The van der Waals surface area contributed by atoms with Gasteiger partial charge >= 0.3 is 0 Å². The van der Waals surface area contributed by atoms with E-state index < -0.39 is 0 Å². The highest BCUT2D eigenvalue weighted by atomic mass is 16.5. The van der Waals surface area contributed by atoms with Gasteiger partial charge in [0.15, 0.2) is 5.96 Å². The van der Waals surface area contributed by atoms with E-state index in [-0.39, 0.29) is 0 Å². The number of carbonyl (C=O) groups is 1. The Morgan fingerprint density at radius 2 is 2.04 bits per heavy atom. The lowest BCUT2D eigenvalue weighted by Crippen LogP contribution is -2.45. The summed E-state index contributed by atoms with van der Waals surface area (Å²) in [6.45, 7) is 8.61. The van der Waals surface area contributed by atoms with Gasteiger partial charge in [0.2, 0.25) is 5.91 Å². The highest BCUT2D eigenvalue weighted by Gasteiger charge is 2.33. The Bertz CT molecular complexity index is 475. The number of guanidine groups is 1. The van der Waals surface area contributed by atoms with Crippen molar-refractivity contribution in [3.8, 4) is 0 Å². The third-order valence-corrected chi connectivity index (χ3v) is 6.29. The number of nitrogens with one attached hydrogen (secondary N) is 2. The Kier molecular flexibility index (Phi) is 9.39. The van der Waals surface area contributed by atoms with Crippen LogP contribution in [0.3, 0.4) is 0 Å². The number of hydrogen-bond acceptors (Lipinski definition) is 3. The van der Waals surface area contributed by atoms with Gasteiger partial charge in [0.25, 0.3) is 0 Å². The van der Waals surface area contributed by atoms with Gasteiger partial charge in [-0.15, -0.1) is 0 Å². The zero-order valence-electron chi connectivity index (χ0n) is 17.7. The van der Waals surface area contributed by atoms with Crippen LogP contribution in [-0.2, 0) is 9.53 Å². The largest absolute Gasteiger partial charge is 0.382 e. The summed E-state index contributed by atoms with van der Waals surface area (Å²) < 4.78 is 5.61. The molecule has 0 aromatic rings. The number of carbonyl (C=O) groups excluding carboxylic acids is 1. The van der Waals surface area contributed by atoms with Crippen LogP contribution in [0.2, 0.25) is 0 Å². The fraction of sp³-hybridized carbons (Fsp3) is 0.905. The molecular formula is C21H40N4O2. The molecule has 1 saturated carbocycles. The smallest absolute Gasteiger partial charge is 0.222 e. The first-order chi connectivity index (χ1) is 13.1. The number of nitrogens with zero attached hydrogens (tertiary/aromatic N) is 2. The van der Waals surface area contributed by atoms with Crippen LogP contribution in [0.25, 0.3) is 0 Å². The maximum absolute atomic E-state index is 12.0. The first kappa shape index (κ1) is 22.0. The van der Waals surface area contributed by atoms with Crippen molar-refractivity contribution in [2.75, 3.05) is 39.9 Å². The van der Waals surface area contributed by atoms with E-state index in [9.17, 15) is 4.79 Å². The van der Waals surface area contributed by atoms with Gasteiger partial charge in [-0.1, -0.05) is 19.8 Å². The molecule has 1 unspecified atom stereocenters. The van der Waals surface area contributed by atoms with E-state index in [2.05, 4.69) is 34.4 Å². The zero-order valence-corrected chi connectivity index (χ0v) is 17.7. The summed E-state index contributed by atoms with van der Waals surface area (Å²) in [5.74, 6) is 1.20. The van der Waals surface area contributed by atoms with Crippen molar-refractivity contribution in [1.82, 2.24) is 15.5 Å². The van der Waals surface area contributed by atoms with Gasteiger partial charge in [-0.25, -0.2) is 0 Å². The van der Waals surface area contributed by atoms with Crippen molar-refractivity contribution in [1.29, 1.82) is 0 Å². The molecule has 6 nitrogen and oxygen atoms in total. The highest BCUT2D eigenvalue weighted by molar-refractivity contribution is 5.80. The lowest BCUT2D eigenvalue weighted by atomic mass is 9.83. The molecule has 0 aromatic carbocycles. The molecule has 0 bridgehead atoms. The molecule has 1 amide bonds. The average molecular weight is 381 g/mol. The van der Waals surface area contributed by atoms with Crippen LogP contribution in [0.1, 0.15) is 71.6 Å². The van der Waals surface area contributed by atoms with E-state index >= 15 is 0 Å². The molecule has 1 atom stereocenters. The molecule has 2 aliphatic rings. The molecular weight excluding hydrogens is 340 g/mol. The molecule has 27 heavy (non-hydrogen) atoms. The summed E-state index contributed by atoms with van der Waals surface area (Å²) in [7, 11) is 1.83. The number of hydrogen-bond donors (Lipinski definition) is 2. The second-order valence-corrected chi connectivity index (χ2v) is 8.05. The van der Waals surface area contributed by atoms with Gasteiger partial charge in [-0.05, 0) is 50.9 Å². The third kappa shape index (κ3) is 6.66. The standard InChI is InChI=1S/C21H40N4O2/c1-4-18(25-15-8-9-19(25)26)10-14-23-20(22-3)24-17-21(11-6-7-12-21)13-16-27-5-2/h18H,4-17H2,1-3H3,(H2,22,23,24). The summed E-state index contributed by atoms with van der Waals surface area (Å²) in [6, 6.07) is 0.345. The summed E-state index contributed by atoms with van der Waals surface area (Å²) in [6.07, 6.45) is 10.0. The molecule has 2 N–H and O–H groups in total. The van der Waals surface area contributed by atoms with Crippen LogP contribution in [-0.4, -0.2) is 62.7 Å². The first-order valence-electron chi connectivity index (χ1n) is 11.0. The predicted octanol–water partition coefficient (Wildman–Crippen LogP) is 2.93. The monoisotopic (exact) mass is 380 g/mol. The molecule has 156 valence electrons. The lowest BCUT2D eigenvalue weighted by molar-refractivity contribution is -0.129. The van der Waals surface area contributed by atoms with Crippen molar-refractivity contribution < 1.29 is 9.53 Å². The Labute approximate surface area is 165 Å². The summed E-state index contributed by atoms with van der Waals surface area (Å²) in [4.78, 5) is 18.4. The molecule has 1 aliphatic heterocycles. The summed E-state index contributed by atoms with van der Waals surface area (Å²) >= 11 is 0. The van der Waals surface area contributed by atoms with E-state index in [1.165, 1.54) is 25.7 Å². The molecule has 2 rings (SSSR count). The third-order valence-electron chi connectivity index (χ3n) is 6.29. The fourth-order valence-corrected chi connectivity index (χ4v) is 4.56. The van der Waals surface area contributed by atoms with Gasteiger partial charge < -0.3 is 20.3 Å². The van der Waals surface area contributed by atoms with Gasteiger partial charge in [0.05, 0.1) is 0 Å². The highest BCUT2D eigenvalue weighted by Crippen LogP contribution is 2.40. The van der Waals surface area contributed by atoms with Crippen LogP contribution in [0.15, 0.2) is 4.99 Å². The van der Waals surface area contributed by atoms with E-state index in [0.29, 0.717) is 17.4 Å². The van der Waals surface area contributed by atoms with Crippen molar-refractivity contribution in [3.05, 3.63) is 0 Å². The van der Waals surface area contributed by atoms with Gasteiger partial charge in [0.1, 0.15) is 0 Å². The van der Waals surface area contributed by atoms with Crippen LogP contribution in [0.5, 0.6) is 0 Å². The lowest BCUT2D eigenvalue weighted by Gasteiger charge is -2.30. The van der Waals surface area contributed by atoms with Gasteiger partial charge in [-0.2, -0.15) is 0 Å². The van der Waals surface area contributed by atoms with E-state index in [1.54, 1.807) is 0 Å². The van der Waals surface area contributed by atoms with Crippen LogP contribution >= 0.6 is 0 Å². The average Bonchev–Trinajstić information content (AvgIpc) is 3.31. The zero-order chi connectivity index (χ0) is 19.5. The SMILES string of the molecule is CCOCCC1(CNC(=NC)NCCC(CC)N2CCCC2=O)CCCC1. The minimum atomic E-state index is 0.321. The fourth-order valence-electron chi connectivity index (χ4n) is 4.56. The quantitative estimate of drug-likeness (QED) is 0.329. The predicted molar refractivity (Wildman–Crippen MR) is 111 cm³/mol.